The Bertz CT molecular complexity index is 672. The molecule has 7 heteroatoms. The van der Waals surface area contributed by atoms with E-state index in [0.717, 1.165) is 12.6 Å². The van der Waals surface area contributed by atoms with Crippen molar-refractivity contribution >= 4 is 0 Å². The van der Waals surface area contributed by atoms with E-state index in [2.05, 4.69) is 4.98 Å². The van der Waals surface area contributed by atoms with Crippen LogP contribution in [0.25, 0.3) is 0 Å². The second kappa shape index (κ2) is 5.89. The summed E-state index contributed by atoms with van der Waals surface area (Å²) >= 11 is 0. The van der Waals surface area contributed by atoms with E-state index in [1.807, 2.05) is 13.8 Å². The maximum atomic E-state index is 14.6. The zero-order valence-electron chi connectivity index (χ0n) is 14.4. The number of aromatic nitrogens is 1. The van der Waals surface area contributed by atoms with Gasteiger partial charge in [0.25, 0.3) is 0 Å². The number of fused-ring (bicyclic) bond motifs is 1. The smallest absolute Gasteiger partial charge is 0.392 e. The van der Waals surface area contributed by atoms with Crippen molar-refractivity contribution in [3.8, 4) is 0 Å². The van der Waals surface area contributed by atoms with Crippen LogP contribution in [0.5, 0.6) is 0 Å². The molecule has 0 amide bonds. The van der Waals surface area contributed by atoms with E-state index in [-0.39, 0.29) is 22.1 Å². The van der Waals surface area contributed by atoms with Gasteiger partial charge >= 0.3 is 6.18 Å². The molecule has 0 aromatic carbocycles. The lowest BCUT2D eigenvalue weighted by atomic mass is 9.68. The van der Waals surface area contributed by atoms with Gasteiger partial charge in [0, 0.05) is 18.0 Å². The number of aliphatic hydroxyl groups is 1. The summed E-state index contributed by atoms with van der Waals surface area (Å²) in [5.41, 5.74) is -1.76. The van der Waals surface area contributed by atoms with Gasteiger partial charge in [0.15, 0.2) is 6.17 Å². The molecule has 3 rings (SSSR count). The number of nitrogens with zero attached hydrogens (tertiary/aromatic N) is 1. The van der Waals surface area contributed by atoms with E-state index in [1.165, 1.54) is 6.92 Å². The van der Waals surface area contributed by atoms with Gasteiger partial charge in [-0.25, -0.2) is 8.78 Å². The van der Waals surface area contributed by atoms with E-state index < -0.39 is 42.2 Å². The van der Waals surface area contributed by atoms with Gasteiger partial charge in [0.05, 0.1) is 6.10 Å². The molecule has 1 aromatic rings. The molecule has 0 aliphatic heterocycles. The summed E-state index contributed by atoms with van der Waals surface area (Å²) in [6.07, 6.45) is -7.00. The average Bonchev–Trinajstić information content (AvgIpc) is 2.73. The van der Waals surface area contributed by atoms with Crippen LogP contribution in [0.4, 0.5) is 22.0 Å². The fourth-order valence-electron chi connectivity index (χ4n) is 4.31. The van der Waals surface area contributed by atoms with Crippen molar-refractivity contribution in [2.45, 2.75) is 76.5 Å². The van der Waals surface area contributed by atoms with Crippen molar-refractivity contribution in [3.63, 3.8) is 0 Å². The van der Waals surface area contributed by atoms with Gasteiger partial charge < -0.3 is 5.11 Å². The predicted molar refractivity (Wildman–Crippen MR) is 82.8 cm³/mol. The molecule has 25 heavy (non-hydrogen) atoms. The summed E-state index contributed by atoms with van der Waals surface area (Å²) in [5, 5.41) is 10.4. The van der Waals surface area contributed by atoms with E-state index in [0.29, 0.717) is 12.8 Å². The first kappa shape index (κ1) is 18.5. The number of rotatable bonds is 1. The third-order valence-electron chi connectivity index (χ3n) is 5.70. The summed E-state index contributed by atoms with van der Waals surface area (Å²) in [6.45, 7) is 5.25. The van der Waals surface area contributed by atoms with Crippen LogP contribution >= 0.6 is 0 Å². The normalized spacial score (nSPS) is 34.8. The first-order chi connectivity index (χ1) is 11.4. The van der Waals surface area contributed by atoms with E-state index in [9.17, 15) is 27.1 Å². The van der Waals surface area contributed by atoms with Gasteiger partial charge in [-0.15, -0.1) is 0 Å². The predicted octanol–water partition coefficient (Wildman–Crippen LogP) is 5.22. The lowest BCUT2D eigenvalue weighted by Crippen LogP contribution is -2.33. The standard InChI is InChI=1S/C18H22F5NO/c1-8-12-13(15(20)14(8)19)10(7-24-16(12)18(21,22)23)9-6-17(2,3)5-4-11(9)25/h7-9,11,14-15,25H,4-6H2,1-3H3/t8-,9?,11?,14-,15+/m0/s1. The maximum Gasteiger partial charge on any atom is 0.433 e. The van der Waals surface area contributed by atoms with Gasteiger partial charge in [-0.3, -0.25) is 4.98 Å². The summed E-state index contributed by atoms with van der Waals surface area (Å²) in [7, 11) is 0. The Labute approximate surface area is 143 Å². The SMILES string of the molecule is C[C@H]1c2c(C(F)(F)F)ncc(C3CC(C)(C)CCC3O)c2[C@@H](F)[C@H]1F. The fourth-order valence-corrected chi connectivity index (χ4v) is 4.31. The van der Waals surface area contributed by atoms with Crippen molar-refractivity contribution in [2.75, 3.05) is 0 Å². The van der Waals surface area contributed by atoms with Crippen LogP contribution in [0.1, 0.15) is 80.4 Å². The van der Waals surface area contributed by atoms with Crippen molar-refractivity contribution in [2.24, 2.45) is 5.41 Å². The number of halogens is 5. The number of hydrogen-bond donors (Lipinski definition) is 1. The molecule has 0 bridgehead atoms. The summed E-state index contributed by atoms with van der Waals surface area (Å²) < 4.78 is 68.7. The van der Waals surface area contributed by atoms with Gasteiger partial charge in [-0.1, -0.05) is 20.8 Å². The van der Waals surface area contributed by atoms with E-state index >= 15 is 0 Å². The highest BCUT2D eigenvalue weighted by molar-refractivity contribution is 5.49. The molecule has 140 valence electrons. The minimum Gasteiger partial charge on any atom is -0.392 e. The molecule has 0 saturated heterocycles. The lowest BCUT2D eigenvalue weighted by Gasteiger charge is -2.39. The number of hydrogen-bond acceptors (Lipinski definition) is 2. The molecule has 2 unspecified atom stereocenters. The van der Waals surface area contributed by atoms with E-state index in [1.54, 1.807) is 0 Å². The summed E-state index contributed by atoms with van der Waals surface area (Å²) in [5.74, 6) is -1.76. The van der Waals surface area contributed by atoms with Crippen molar-refractivity contribution in [1.82, 2.24) is 4.98 Å². The number of aliphatic hydroxyl groups excluding tert-OH is 1. The van der Waals surface area contributed by atoms with Crippen LogP contribution in [-0.4, -0.2) is 22.4 Å². The molecule has 5 atom stereocenters. The van der Waals surface area contributed by atoms with Crippen molar-refractivity contribution < 1.29 is 27.1 Å². The van der Waals surface area contributed by atoms with E-state index in [4.69, 9.17) is 0 Å². The molecular weight excluding hydrogens is 341 g/mol. The molecule has 2 nitrogen and oxygen atoms in total. The quantitative estimate of drug-likeness (QED) is 0.694. The molecule has 1 heterocycles. The summed E-state index contributed by atoms with van der Waals surface area (Å²) in [6, 6.07) is 0. The highest BCUT2D eigenvalue weighted by atomic mass is 19.4. The van der Waals surface area contributed by atoms with Gasteiger partial charge in [0.1, 0.15) is 11.9 Å². The fraction of sp³-hybridized carbons (Fsp3) is 0.722. The minimum atomic E-state index is -4.77. The largest absolute Gasteiger partial charge is 0.433 e. The third-order valence-corrected chi connectivity index (χ3v) is 5.70. The molecule has 1 fully saturated rings. The monoisotopic (exact) mass is 363 g/mol. The number of alkyl halides is 5. The third kappa shape index (κ3) is 3.04. The Balaban J connectivity index is 2.17. The van der Waals surface area contributed by atoms with Gasteiger partial charge in [-0.05, 0) is 41.4 Å². The van der Waals surface area contributed by atoms with Crippen LogP contribution in [-0.2, 0) is 6.18 Å². The zero-order chi connectivity index (χ0) is 18.7. The Morgan fingerprint density at radius 3 is 2.44 bits per heavy atom. The molecule has 2 aliphatic rings. The van der Waals surface area contributed by atoms with Gasteiger partial charge in [-0.2, -0.15) is 13.2 Å². The highest BCUT2D eigenvalue weighted by Gasteiger charge is 2.49. The average molecular weight is 363 g/mol. The van der Waals surface area contributed by atoms with Crippen molar-refractivity contribution in [3.05, 3.63) is 28.6 Å². The molecule has 1 aromatic heterocycles. The maximum absolute atomic E-state index is 14.6. The van der Waals surface area contributed by atoms with Crippen LogP contribution in [0.2, 0.25) is 0 Å². The molecular formula is C18H22F5NO. The Hall–Kier alpha value is -1.24. The zero-order valence-corrected chi connectivity index (χ0v) is 14.4. The highest BCUT2D eigenvalue weighted by Crippen LogP contribution is 2.53. The molecule has 0 radical (unpaired) electrons. The summed E-state index contributed by atoms with van der Waals surface area (Å²) in [4.78, 5) is 3.53. The second-order valence-electron chi connectivity index (χ2n) is 8.10. The van der Waals surface area contributed by atoms with Crippen LogP contribution in [0.3, 0.4) is 0 Å². The number of pyridine rings is 1. The van der Waals surface area contributed by atoms with Crippen LogP contribution in [0, 0.1) is 5.41 Å². The minimum absolute atomic E-state index is 0.134. The topological polar surface area (TPSA) is 33.1 Å². The first-order valence-corrected chi connectivity index (χ1v) is 8.50. The first-order valence-electron chi connectivity index (χ1n) is 8.50. The molecule has 0 spiro atoms. The Morgan fingerprint density at radius 1 is 1.20 bits per heavy atom. The van der Waals surface area contributed by atoms with Gasteiger partial charge in [0.2, 0.25) is 0 Å². The molecule has 1 saturated carbocycles. The second-order valence-corrected chi connectivity index (χ2v) is 8.10. The van der Waals surface area contributed by atoms with Crippen LogP contribution < -0.4 is 0 Å². The molecule has 2 aliphatic carbocycles. The lowest BCUT2D eigenvalue weighted by molar-refractivity contribution is -0.142. The Morgan fingerprint density at radius 2 is 1.84 bits per heavy atom. The van der Waals surface area contributed by atoms with Crippen molar-refractivity contribution in [1.29, 1.82) is 0 Å². The molecule has 1 N–H and O–H groups in total. The Kier molecular flexibility index (Phi) is 4.37. The van der Waals surface area contributed by atoms with Crippen LogP contribution in [0.15, 0.2) is 6.20 Å².